The molecule has 0 unspecified atom stereocenters. The molecule has 0 saturated carbocycles. The zero-order valence-electron chi connectivity index (χ0n) is 13.0. The average Bonchev–Trinajstić information content (AvgIpc) is 2.48. The van der Waals surface area contributed by atoms with E-state index in [-0.39, 0.29) is 27.8 Å². The molecule has 0 amide bonds. The van der Waals surface area contributed by atoms with Crippen LogP contribution in [0.1, 0.15) is 22.5 Å². The van der Waals surface area contributed by atoms with Gasteiger partial charge in [0.2, 0.25) is 0 Å². The van der Waals surface area contributed by atoms with Crippen LogP contribution in [0.2, 0.25) is 0 Å². The number of hydrogen-bond donors (Lipinski definition) is 1. The maximum Gasteiger partial charge on any atom is 0.0526 e. The van der Waals surface area contributed by atoms with Crippen molar-refractivity contribution in [1.82, 2.24) is 9.97 Å². The van der Waals surface area contributed by atoms with Crippen molar-refractivity contribution in [2.45, 2.75) is 26.9 Å². The quantitative estimate of drug-likeness (QED) is 0.285. The molecule has 0 bridgehead atoms. The first-order valence-corrected chi connectivity index (χ1v) is 6.19. The van der Waals surface area contributed by atoms with Crippen molar-refractivity contribution in [3.05, 3.63) is 77.0 Å². The molecule has 7 heteroatoms. The van der Waals surface area contributed by atoms with Crippen LogP contribution in [0.5, 0.6) is 0 Å². The Labute approximate surface area is 145 Å². The van der Waals surface area contributed by atoms with Gasteiger partial charge in [-0.25, -0.2) is 0 Å². The predicted octanol–water partition coefficient (Wildman–Crippen LogP) is 3.50. The summed E-state index contributed by atoms with van der Waals surface area (Å²) in [6, 6.07) is 7.74. The first-order valence-electron chi connectivity index (χ1n) is 6.19. The smallest absolute Gasteiger partial charge is 0.0526 e. The third-order valence-corrected chi connectivity index (χ3v) is 2.50. The molecule has 22 heavy (non-hydrogen) atoms. The van der Waals surface area contributed by atoms with Gasteiger partial charge in [-0.15, -0.1) is 0 Å². The molecule has 2 heterocycles. The zero-order chi connectivity index (χ0) is 14.8. The van der Waals surface area contributed by atoms with Crippen LogP contribution in [0.4, 0.5) is 0 Å². The van der Waals surface area contributed by atoms with Crippen molar-refractivity contribution in [2.24, 2.45) is 10.8 Å². The molecule has 0 aliphatic heterocycles. The number of pyridine rings is 2. The van der Waals surface area contributed by atoms with E-state index < -0.39 is 0 Å². The monoisotopic (exact) mass is 391 g/mol. The molecule has 0 atom stereocenters. The molecule has 0 aliphatic rings. The maximum absolute atomic E-state index is 8.02. The van der Waals surface area contributed by atoms with Gasteiger partial charge in [0.15, 0.2) is 0 Å². The van der Waals surface area contributed by atoms with E-state index in [1.807, 2.05) is 38.1 Å². The number of nitrogens with zero attached hydrogens (tertiary/aromatic N) is 5. The van der Waals surface area contributed by atoms with Crippen LogP contribution in [-0.2, 0) is 33.5 Å². The second-order valence-corrected chi connectivity index (χ2v) is 4.21. The van der Waals surface area contributed by atoms with Crippen LogP contribution < -0.4 is 5.73 Å². The van der Waals surface area contributed by atoms with Crippen LogP contribution in [0.25, 0.3) is 10.4 Å². The second-order valence-electron chi connectivity index (χ2n) is 4.21. The largest absolute Gasteiger partial charge is 0.358 e. The van der Waals surface area contributed by atoms with E-state index in [2.05, 4.69) is 20.0 Å². The number of rotatable bonds is 3. The van der Waals surface area contributed by atoms with E-state index in [4.69, 9.17) is 11.3 Å². The molecule has 2 aromatic rings. The predicted molar refractivity (Wildman–Crippen MR) is 85.1 cm³/mol. The summed E-state index contributed by atoms with van der Waals surface area (Å²) in [5, 5.41) is 3.41. The number of hydrogen-bond acceptors (Lipinski definition) is 4. The summed E-state index contributed by atoms with van der Waals surface area (Å²) in [6.45, 7) is 4.83. The van der Waals surface area contributed by atoms with Crippen molar-refractivity contribution in [3.8, 4) is 0 Å². The third kappa shape index (κ3) is 9.22. The first kappa shape index (κ1) is 22.5. The molecule has 6 nitrogen and oxygen atoms in total. The van der Waals surface area contributed by atoms with E-state index in [1.165, 1.54) is 0 Å². The van der Waals surface area contributed by atoms with Crippen LogP contribution in [0.3, 0.4) is 0 Å². The maximum atomic E-state index is 8.02. The molecular weight excluding hydrogens is 371 g/mol. The fourth-order valence-corrected chi connectivity index (χ4v) is 1.32. The summed E-state index contributed by atoms with van der Waals surface area (Å²) >= 11 is 0. The van der Waals surface area contributed by atoms with Gasteiger partial charge in [-0.2, -0.15) is 0 Å². The van der Waals surface area contributed by atoms with Crippen LogP contribution in [0.15, 0.2) is 41.8 Å². The summed E-state index contributed by atoms with van der Waals surface area (Å²) in [5.41, 5.74) is 17.4. The van der Waals surface area contributed by atoms with Gasteiger partial charge in [0.05, 0.1) is 6.54 Å². The summed E-state index contributed by atoms with van der Waals surface area (Å²) < 4.78 is 0. The van der Waals surface area contributed by atoms with Crippen molar-refractivity contribution in [1.29, 1.82) is 0 Å². The van der Waals surface area contributed by atoms with Crippen molar-refractivity contribution >= 4 is 0 Å². The Bertz CT molecular complexity index is 562. The number of nitrogens with two attached hydrogens (primary N) is 1. The summed E-state index contributed by atoms with van der Waals surface area (Å²) in [6.07, 6.45) is 3.51. The SMILES string of the molecule is Cc1ccc(CN)cn1.Cc1ccc(CN=[N+]=[N-])cn1.[CH3-].[Pd]. The van der Waals surface area contributed by atoms with E-state index >= 15 is 0 Å². The average molecular weight is 392 g/mol. The Morgan fingerprint density at radius 1 is 1.05 bits per heavy atom. The van der Waals surface area contributed by atoms with Gasteiger partial charge in [0, 0.05) is 55.7 Å². The zero-order valence-corrected chi connectivity index (χ0v) is 14.6. The minimum Gasteiger partial charge on any atom is -0.358 e. The number of aromatic nitrogens is 2. The summed E-state index contributed by atoms with van der Waals surface area (Å²) in [5.74, 6) is 0. The van der Waals surface area contributed by atoms with E-state index in [1.54, 1.807) is 12.4 Å². The van der Waals surface area contributed by atoms with Crippen LogP contribution in [-0.4, -0.2) is 9.97 Å². The Hall–Kier alpha value is -1.77. The van der Waals surface area contributed by atoms with E-state index in [9.17, 15) is 0 Å². The molecule has 2 N–H and O–H groups in total. The summed E-state index contributed by atoms with van der Waals surface area (Å²) in [4.78, 5) is 10.8. The van der Waals surface area contributed by atoms with Gasteiger partial charge < -0.3 is 13.2 Å². The fraction of sp³-hybridized carbons (Fsp3) is 0.267. The minimum atomic E-state index is 0. The van der Waals surface area contributed by atoms with Gasteiger partial charge >= 0.3 is 0 Å². The Morgan fingerprint density at radius 2 is 1.55 bits per heavy atom. The molecular formula is C15H21N6Pd-. The van der Waals surface area contributed by atoms with Gasteiger partial charge in [-0.3, -0.25) is 9.97 Å². The Morgan fingerprint density at radius 3 is 1.91 bits per heavy atom. The van der Waals surface area contributed by atoms with Gasteiger partial charge in [0.1, 0.15) is 0 Å². The number of aryl methyl sites for hydroxylation is 2. The normalized spacial score (nSPS) is 8.32. The van der Waals surface area contributed by atoms with Gasteiger partial charge in [-0.1, -0.05) is 17.2 Å². The molecule has 0 aliphatic carbocycles. The summed E-state index contributed by atoms with van der Waals surface area (Å²) in [7, 11) is 0. The van der Waals surface area contributed by atoms with Crippen molar-refractivity contribution in [3.63, 3.8) is 0 Å². The molecule has 0 saturated heterocycles. The molecule has 2 aromatic heterocycles. The molecule has 122 valence electrons. The topological polar surface area (TPSA) is 101 Å². The number of azide groups is 1. The minimum absolute atomic E-state index is 0. The Balaban J connectivity index is 0. The molecule has 0 fully saturated rings. The first-order chi connectivity index (χ1) is 9.65. The van der Waals surface area contributed by atoms with Crippen molar-refractivity contribution in [2.75, 3.05) is 0 Å². The molecule has 2 rings (SSSR count). The van der Waals surface area contributed by atoms with Gasteiger partial charge in [-0.05, 0) is 42.6 Å². The Kier molecular flexibility index (Phi) is 13.2. The molecule has 0 spiro atoms. The molecule has 0 radical (unpaired) electrons. The molecule has 0 aromatic carbocycles. The van der Waals surface area contributed by atoms with Crippen LogP contribution in [0, 0.1) is 21.3 Å². The van der Waals surface area contributed by atoms with E-state index in [0.29, 0.717) is 13.1 Å². The van der Waals surface area contributed by atoms with Gasteiger partial charge in [0.25, 0.3) is 0 Å². The third-order valence-electron chi connectivity index (χ3n) is 2.50. The van der Waals surface area contributed by atoms with Crippen LogP contribution >= 0.6 is 0 Å². The van der Waals surface area contributed by atoms with Crippen molar-refractivity contribution < 1.29 is 20.4 Å². The fourth-order valence-electron chi connectivity index (χ4n) is 1.32. The standard InChI is InChI=1S/C7H8N4.C7H10N2.CH3.Pd/c1-6-2-3-7(4-9-6)5-10-11-8;1-6-2-3-7(4-8)5-9-6;;/h2-4H,5H2,1H3;2-3,5H,4,8H2,1H3;1H3;/q;;-1;. The second kappa shape index (κ2) is 12.9. The van der Waals surface area contributed by atoms with E-state index in [0.717, 1.165) is 22.5 Å².